The van der Waals surface area contributed by atoms with Crippen LogP contribution in [0.5, 0.6) is 0 Å². The number of benzene rings is 2. The third kappa shape index (κ3) is 5.41. The van der Waals surface area contributed by atoms with Crippen molar-refractivity contribution in [3.8, 4) is 0 Å². The molecule has 0 aliphatic rings. The number of nitrogens with zero attached hydrogens (tertiary/aromatic N) is 2. The van der Waals surface area contributed by atoms with Crippen LogP contribution < -0.4 is 10.4 Å². The topological polar surface area (TPSA) is 56.8 Å². The third-order valence-electron chi connectivity index (χ3n) is 3.47. The first kappa shape index (κ1) is 20.6. The Bertz CT molecular complexity index is 741. The molecule has 0 saturated carbocycles. The number of thiocarbonyl (C=S) groups is 2. The fraction of sp³-hybridized carbons (Fsp3) is 0.176. The SMILES string of the molecule is COP(=O)(NN(C)C(=S)c1ccccc1)NN(C)C(=S)c1ccccc1. The van der Waals surface area contributed by atoms with Crippen LogP contribution >= 0.6 is 32.1 Å². The van der Waals surface area contributed by atoms with Gasteiger partial charge in [0.15, 0.2) is 0 Å². The van der Waals surface area contributed by atoms with E-state index in [-0.39, 0.29) is 0 Å². The lowest BCUT2D eigenvalue weighted by Gasteiger charge is -2.30. The van der Waals surface area contributed by atoms with Gasteiger partial charge in [-0.3, -0.25) is 14.6 Å². The van der Waals surface area contributed by atoms with Crippen molar-refractivity contribution >= 4 is 42.1 Å². The molecular formula is C17H21N4O2PS2. The van der Waals surface area contributed by atoms with Gasteiger partial charge in [0.2, 0.25) is 0 Å². The smallest absolute Gasteiger partial charge is 0.307 e. The second kappa shape index (κ2) is 9.32. The van der Waals surface area contributed by atoms with Gasteiger partial charge in [0, 0.05) is 32.3 Å². The summed E-state index contributed by atoms with van der Waals surface area (Å²) in [5.41, 5.74) is 1.65. The molecule has 2 aromatic carbocycles. The van der Waals surface area contributed by atoms with E-state index in [4.69, 9.17) is 29.0 Å². The second-order valence-electron chi connectivity index (χ2n) is 5.39. The summed E-state index contributed by atoms with van der Waals surface area (Å²) in [5, 5.41) is 8.56. The van der Waals surface area contributed by atoms with Crippen molar-refractivity contribution in [3.05, 3.63) is 71.8 Å². The molecule has 0 spiro atoms. The summed E-state index contributed by atoms with van der Waals surface area (Å²) in [6, 6.07) is 18.9. The van der Waals surface area contributed by atoms with Gasteiger partial charge in [0.25, 0.3) is 0 Å². The first-order chi connectivity index (χ1) is 12.4. The maximum Gasteiger partial charge on any atom is 0.375 e. The lowest BCUT2D eigenvalue weighted by atomic mass is 10.2. The minimum atomic E-state index is -3.48. The largest absolute Gasteiger partial charge is 0.375 e. The van der Waals surface area contributed by atoms with Crippen molar-refractivity contribution in [2.75, 3.05) is 21.2 Å². The van der Waals surface area contributed by atoms with Crippen molar-refractivity contribution in [2.45, 2.75) is 0 Å². The Balaban J connectivity index is 2.06. The summed E-state index contributed by atoms with van der Waals surface area (Å²) in [6.45, 7) is 0. The van der Waals surface area contributed by atoms with Crippen LogP contribution in [0.2, 0.25) is 0 Å². The molecule has 0 atom stereocenters. The quantitative estimate of drug-likeness (QED) is 0.411. The molecule has 2 N–H and O–H groups in total. The number of hydrogen-bond acceptors (Lipinski definition) is 4. The first-order valence-corrected chi connectivity index (χ1v) is 10.2. The molecule has 0 amide bonds. The highest BCUT2D eigenvalue weighted by atomic mass is 32.1. The lowest BCUT2D eigenvalue weighted by molar-refractivity contribution is 0.303. The highest BCUT2D eigenvalue weighted by Gasteiger charge is 2.27. The molecule has 2 aromatic rings. The highest BCUT2D eigenvalue weighted by molar-refractivity contribution is 7.81. The maximum atomic E-state index is 13.0. The van der Waals surface area contributed by atoms with Crippen LogP contribution in [0.3, 0.4) is 0 Å². The summed E-state index contributed by atoms with van der Waals surface area (Å²) in [7, 11) is 1.22. The zero-order valence-electron chi connectivity index (χ0n) is 14.7. The van der Waals surface area contributed by atoms with E-state index in [0.29, 0.717) is 9.98 Å². The second-order valence-corrected chi connectivity index (χ2v) is 8.04. The molecule has 0 heterocycles. The Kier molecular flexibility index (Phi) is 7.40. The molecule has 0 unspecified atom stereocenters. The Labute approximate surface area is 164 Å². The Hall–Kier alpha value is -1.67. The minimum Gasteiger partial charge on any atom is -0.307 e. The van der Waals surface area contributed by atoms with Crippen LogP contribution in [0.25, 0.3) is 0 Å². The Morgan fingerprint density at radius 3 is 1.50 bits per heavy atom. The first-order valence-electron chi connectivity index (χ1n) is 7.74. The minimum absolute atomic E-state index is 0.484. The van der Waals surface area contributed by atoms with Crippen molar-refractivity contribution in [3.63, 3.8) is 0 Å². The molecular weight excluding hydrogens is 387 g/mol. The van der Waals surface area contributed by atoms with E-state index in [0.717, 1.165) is 11.1 Å². The lowest BCUT2D eigenvalue weighted by Crippen LogP contribution is -2.45. The van der Waals surface area contributed by atoms with Crippen molar-refractivity contribution in [1.29, 1.82) is 0 Å². The van der Waals surface area contributed by atoms with Crippen LogP contribution in [-0.4, -0.2) is 41.2 Å². The maximum absolute atomic E-state index is 13.0. The number of rotatable bonds is 7. The zero-order chi connectivity index (χ0) is 19.2. The predicted octanol–water partition coefficient (Wildman–Crippen LogP) is 3.37. The van der Waals surface area contributed by atoms with E-state index in [1.807, 2.05) is 60.7 Å². The molecule has 0 fully saturated rings. The molecule has 2 rings (SSSR count). The van der Waals surface area contributed by atoms with Gasteiger partial charge in [-0.1, -0.05) is 85.1 Å². The van der Waals surface area contributed by atoms with Crippen LogP contribution in [-0.2, 0) is 9.09 Å². The molecule has 0 saturated heterocycles. The predicted molar refractivity (Wildman–Crippen MR) is 113 cm³/mol. The average Bonchev–Trinajstić information content (AvgIpc) is 2.67. The third-order valence-corrected chi connectivity index (χ3v) is 6.13. The van der Waals surface area contributed by atoms with Gasteiger partial charge in [0.1, 0.15) is 9.98 Å². The number of hydrazine groups is 2. The molecule has 26 heavy (non-hydrogen) atoms. The van der Waals surface area contributed by atoms with Gasteiger partial charge in [-0.05, 0) is 0 Å². The van der Waals surface area contributed by atoms with E-state index < -0.39 is 7.67 Å². The molecule has 9 heteroatoms. The number of nitrogens with one attached hydrogen (secondary N) is 2. The van der Waals surface area contributed by atoms with Crippen molar-refractivity contribution in [2.24, 2.45) is 0 Å². The summed E-state index contributed by atoms with van der Waals surface area (Å²) in [6.07, 6.45) is 0. The average molecular weight is 408 g/mol. The normalized spacial score (nSPS) is 11.0. The molecule has 0 bridgehead atoms. The van der Waals surface area contributed by atoms with E-state index in [2.05, 4.69) is 10.4 Å². The number of hydrogen-bond donors (Lipinski definition) is 2. The van der Waals surface area contributed by atoms with E-state index in [1.54, 1.807) is 14.1 Å². The van der Waals surface area contributed by atoms with Crippen LogP contribution in [0.1, 0.15) is 11.1 Å². The van der Waals surface area contributed by atoms with E-state index >= 15 is 0 Å². The molecule has 0 radical (unpaired) electrons. The fourth-order valence-electron chi connectivity index (χ4n) is 2.14. The van der Waals surface area contributed by atoms with E-state index in [9.17, 15) is 4.57 Å². The zero-order valence-corrected chi connectivity index (χ0v) is 17.3. The summed E-state index contributed by atoms with van der Waals surface area (Å²) in [4.78, 5) is 0.968. The van der Waals surface area contributed by atoms with Gasteiger partial charge >= 0.3 is 7.67 Å². The standard InChI is InChI=1S/C17H21N4O2PS2/c1-20(16(25)14-10-6-4-7-11-14)18-24(22,23-3)19-21(2)17(26)15-12-8-5-9-13-15/h4-13H,1-3H3,(H2,18,19,22). The van der Waals surface area contributed by atoms with E-state index in [1.165, 1.54) is 17.1 Å². The fourth-order valence-corrected chi connectivity index (χ4v) is 3.84. The van der Waals surface area contributed by atoms with Crippen molar-refractivity contribution in [1.82, 2.24) is 20.4 Å². The van der Waals surface area contributed by atoms with Crippen LogP contribution in [0.4, 0.5) is 0 Å². The Morgan fingerprint density at radius 2 is 1.19 bits per heavy atom. The monoisotopic (exact) mass is 408 g/mol. The van der Waals surface area contributed by atoms with Gasteiger partial charge < -0.3 is 4.52 Å². The summed E-state index contributed by atoms with van der Waals surface area (Å²) in [5.74, 6) is 0. The molecule has 0 aliphatic heterocycles. The highest BCUT2D eigenvalue weighted by Crippen LogP contribution is 2.37. The van der Waals surface area contributed by atoms with Gasteiger partial charge in [-0.15, -0.1) is 10.4 Å². The van der Waals surface area contributed by atoms with Crippen molar-refractivity contribution < 1.29 is 9.09 Å². The summed E-state index contributed by atoms with van der Waals surface area (Å²) >= 11 is 10.8. The Morgan fingerprint density at radius 1 is 0.846 bits per heavy atom. The van der Waals surface area contributed by atoms with Crippen LogP contribution in [0, 0.1) is 0 Å². The molecule has 6 nitrogen and oxygen atoms in total. The van der Waals surface area contributed by atoms with Gasteiger partial charge in [-0.25, -0.2) is 0 Å². The van der Waals surface area contributed by atoms with Crippen LogP contribution in [0.15, 0.2) is 60.7 Å². The van der Waals surface area contributed by atoms with Gasteiger partial charge in [-0.2, -0.15) is 0 Å². The summed E-state index contributed by atoms with van der Waals surface area (Å²) < 4.78 is 18.2. The molecule has 0 aromatic heterocycles. The van der Waals surface area contributed by atoms with Gasteiger partial charge in [0.05, 0.1) is 0 Å². The molecule has 0 aliphatic carbocycles. The molecule has 138 valence electrons.